The third kappa shape index (κ3) is 3.71. The van der Waals surface area contributed by atoms with Crippen LogP contribution >= 0.6 is 15.9 Å². The van der Waals surface area contributed by atoms with Crippen molar-refractivity contribution in [1.82, 2.24) is 5.32 Å². The van der Waals surface area contributed by atoms with E-state index >= 15 is 0 Å². The van der Waals surface area contributed by atoms with Crippen LogP contribution in [0.5, 0.6) is 0 Å². The number of hydrogen-bond donors (Lipinski definition) is 1. The molecule has 2 unspecified atom stereocenters. The van der Waals surface area contributed by atoms with E-state index in [1.54, 1.807) is 0 Å². The molecule has 2 atom stereocenters. The molecule has 102 valence electrons. The van der Waals surface area contributed by atoms with Gasteiger partial charge in [-0.3, -0.25) is 0 Å². The van der Waals surface area contributed by atoms with E-state index in [1.165, 1.54) is 11.1 Å². The SMILES string of the molecule is CCc1ccc(C(C)NC(C)c2ccc(Br)o2)cc1. The Kier molecular flexibility index (Phi) is 4.83. The lowest BCUT2D eigenvalue weighted by Gasteiger charge is -2.19. The molecule has 2 aromatic rings. The molecule has 2 nitrogen and oxygen atoms in total. The third-order valence-electron chi connectivity index (χ3n) is 3.41. The van der Waals surface area contributed by atoms with E-state index in [2.05, 4.69) is 66.3 Å². The molecule has 0 spiro atoms. The van der Waals surface area contributed by atoms with Crippen molar-refractivity contribution < 1.29 is 4.42 Å². The Morgan fingerprint density at radius 3 is 2.26 bits per heavy atom. The van der Waals surface area contributed by atoms with Gasteiger partial charge in [0.1, 0.15) is 5.76 Å². The van der Waals surface area contributed by atoms with Gasteiger partial charge in [-0.15, -0.1) is 0 Å². The molecule has 0 saturated heterocycles. The molecule has 0 bridgehead atoms. The smallest absolute Gasteiger partial charge is 0.169 e. The summed E-state index contributed by atoms with van der Waals surface area (Å²) in [5, 5.41) is 3.55. The molecule has 2 rings (SSSR count). The predicted molar refractivity (Wildman–Crippen MR) is 82.2 cm³/mol. The van der Waals surface area contributed by atoms with Crippen molar-refractivity contribution in [3.63, 3.8) is 0 Å². The Morgan fingerprint density at radius 2 is 1.74 bits per heavy atom. The summed E-state index contributed by atoms with van der Waals surface area (Å²) < 4.78 is 6.35. The van der Waals surface area contributed by atoms with Gasteiger partial charge in [0.2, 0.25) is 0 Å². The lowest BCUT2D eigenvalue weighted by atomic mass is 10.0. The van der Waals surface area contributed by atoms with Crippen molar-refractivity contribution in [2.45, 2.75) is 39.3 Å². The van der Waals surface area contributed by atoms with Crippen LogP contribution in [-0.2, 0) is 6.42 Å². The first kappa shape index (κ1) is 14.4. The Hall–Kier alpha value is -1.06. The van der Waals surface area contributed by atoms with Crippen molar-refractivity contribution in [2.24, 2.45) is 0 Å². The molecule has 1 aromatic carbocycles. The largest absolute Gasteiger partial charge is 0.453 e. The van der Waals surface area contributed by atoms with Gasteiger partial charge in [-0.2, -0.15) is 0 Å². The van der Waals surface area contributed by atoms with Gasteiger partial charge in [-0.25, -0.2) is 0 Å². The molecule has 0 amide bonds. The van der Waals surface area contributed by atoms with Gasteiger partial charge in [0, 0.05) is 6.04 Å². The average Bonchev–Trinajstić information content (AvgIpc) is 2.85. The number of nitrogens with one attached hydrogen (secondary N) is 1. The molecule has 1 aromatic heterocycles. The zero-order valence-electron chi connectivity index (χ0n) is 11.6. The lowest BCUT2D eigenvalue weighted by Crippen LogP contribution is -2.22. The van der Waals surface area contributed by atoms with Gasteiger partial charge >= 0.3 is 0 Å². The number of aryl methyl sites for hydroxylation is 1. The number of benzene rings is 1. The highest BCUT2D eigenvalue weighted by Gasteiger charge is 2.13. The van der Waals surface area contributed by atoms with Gasteiger partial charge < -0.3 is 9.73 Å². The summed E-state index contributed by atoms with van der Waals surface area (Å²) >= 11 is 3.33. The average molecular weight is 322 g/mol. The molecular formula is C16H20BrNO. The summed E-state index contributed by atoms with van der Waals surface area (Å²) in [6.45, 7) is 6.46. The summed E-state index contributed by atoms with van der Waals surface area (Å²) in [6.07, 6.45) is 1.08. The highest BCUT2D eigenvalue weighted by molar-refractivity contribution is 9.10. The van der Waals surface area contributed by atoms with Crippen LogP contribution in [0.4, 0.5) is 0 Å². The minimum Gasteiger partial charge on any atom is -0.453 e. The van der Waals surface area contributed by atoms with E-state index in [0.29, 0.717) is 6.04 Å². The third-order valence-corrected chi connectivity index (χ3v) is 3.83. The van der Waals surface area contributed by atoms with E-state index < -0.39 is 0 Å². The van der Waals surface area contributed by atoms with E-state index in [0.717, 1.165) is 16.9 Å². The second-order valence-corrected chi connectivity index (χ2v) is 5.63. The normalized spacial score (nSPS) is 14.3. The molecule has 1 heterocycles. The lowest BCUT2D eigenvalue weighted by molar-refractivity contribution is 0.394. The first-order valence-electron chi connectivity index (χ1n) is 6.70. The van der Waals surface area contributed by atoms with Crippen LogP contribution < -0.4 is 5.32 Å². The zero-order valence-corrected chi connectivity index (χ0v) is 13.2. The van der Waals surface area contributed by atoms with Crippen molar-refractivity contribution in [2.75, 3.05) is 0 Å². The molecule has 0 aliphatic carbocycles. The molecule has 0 aliphatic rings. The monoisotopic (exact) mass is 321 g/mol. The fourth-order valence-electron chi connectivity index (χ4n) is 2.16. The standard InChI is InChI=1S/C16H20BrNO/c1-4-13-5-7-14(8-6-13)11(2)18-12(3)15-9-10-16(17)19-15/h5-12,18H,4H2,1-3H3. The number of halogens is 1. The predicted octanol–water partition coefficient (Wildman–Crippen LogP) is 5.02. The van der Waals surface area contributed by atoms with Gasteiger partial charge in [-0.05, 0) is 59.5 Å². The van der Waals surface area contributed by atoms with Crippen LogP contribution in [0.2, 0.25) is 0 Å². The Morgan fingerprint density at radius 1 is 1.05 bits per heavy atom. The molecule has 0 fully saturated rings. The van der Waals surface area contributed by atoms with Gasteiger partial charge in [0.15, 0.2) is 4.67 Å². The van der Waals surface area contributed by atoms with E-state index in [9.17, 15) is 0 Å². The van der Waals surface area contributed by atoms with Crippen molar-refractivity contribution in [3.8, 4) is 0 Å². The van der Waals surface area contributed by atoms with Crippen molar-refractivity contribution in [1.29, 1.82) is 0 Å². The van der Waals surface area contributed by atoms with Crippen LogP contribution in [0.25, 0.3) is 0 Å². The summed E-state index contributed by atoms with van der Waals surface area (Å²) in [6, 6.07) is 13.2. The maximum absolute atomic E-state index is 5.57. The molecular weight excluding hydrogens is 302 g/mol. The first-order valence-corrected chi connectivity index (χ1v) is 7.49. The summed E-state index contributed by atoms with van der Waals surface area (Å²) in [4.78, 5) is 0. The highest BCUT2D eigenvalue weighted by Crippen LogP contribution is 2.23. The maximum Gasteiger partial charge on any atom is 0.169 e. The molecule has 0 saturated carbocycles. The zero-order chi connectivity index (χ0) is 13.8. The van der Waals surface area contributed by atoms with E-state index in [-0.39, 0.29) is 6.04 Å². The van der Waals surface area contributed by atoms with Crippen LogP contribution in [-0.4, -0.2) is 0 Å². The number of rotatable bonds is 5. The summed E-state index contributed by atoms with van der Waals surface area (Å²) in [5.74, 6) is 0.948. The van der Waals surface area contributed by atoms with Crippen LogP contribution in [0.1, 0.15) is 49.7 Å². The van der Waals surface area contributed by atoms with Crippen LogP contribution in [0.15, 0.2) is 45.5 Å². The molecule has 0 aliphatic heterocycles. The maximum atomic E-state index is 5.57. The Bertz CT molecular complexity index is 518. The quantitative estimate of drug-likeness (QED) is 0.836. The van der Waals surface area contributed by atoms with Crippen molar-refractivity contribution >= 4 is 15.9 Å². The number of furan rings is 1. The molecule has 19 heavy (non-hydrogen) atoms. The summed E-state index contributed by atoms with van der Waals surface area (Å²) in [7, 11) is 0. The van der Waals surface area contributed by atoms with E-state index in [1.807, 2.05) is 12.1 Å². The van der Waals surface area contributed by atoms with Gasteiger partial charge in [0.05, 0.1) is 6.04 Å². The minimum absolute atomic E-state index is 0.187. The Labute approximate surface area is 123 Å². The van der Waals surface area contributed by atoms with Crippen LogP contribution in [0.3, 0.4) is 0 Å². The second-order valence-electron chi connectivity index (χ2n) is 4.85. The van der Waals surface area contributed by atoms with Crippen LogP contribution in [0, 0.1) is 0 Å². The second kappa shape index (κ2) is 6.40. The minimum atomic E-state index is 0.187. The molecule has 0 radical (unpaired) electrons. The Balaban J connectivity index is 2.01. The first-order chi connectivity index (χ1) is 9.10. The molecule has 3 heteroatoms. The fourth-order valence-corrected chi connectivity index (χ4v) is 2.48. The van der Waals surface area contributed by atoms with Gasteiger partial charge in [0.25, 0.3) is 0 Å². The van der Waals surface area contributed by atoms with Gasteiger partial charge in [-0.1, -0.05) is 31.2 Å². The summed E-state index contributed by atoms with van der Waals surface area (Å²) in [5.41, 5.74) is 2.67. The van der Waals surface area contributed by atoms with Crippen molar-refractivity contribution in [3.05, 3.63) is 58.0 Å². The van der Waals surface area contributed by atoms with E-state index in [4.69, 9.17) is 4.42 Å². The molecule has 1 N–H and O–H groups in total. The fraction of sp³-hybridized carbons (Fsp3) is 0.375. The highest BCUT2D eigenvalue weighted by atomic mass is 79.9. The number of hydrogen-bond acceptors (Lipinski definition) is 2. The topological polar surface area (TPSA) is 25.2 Å².